The van der Waals surface area contributed by atoms with Crippen LogP contribution in [0.1, 0.15) is 20.3 Å². The Morgan fingerprint density at radius 2 is 1.81 bits per heavy atom. The number of aromatic nitrogens is 2. The van der Waals surface area contributed by atoms with Crippen LogP contribution in [0.2, 0.25) is 0 Å². The first-order chi connectivity index (χ1) is 9.66. The number of hydrogen-bond donors (Lipinski definition) is 2. The fourth-order valence-electron chi connectivity index (χ4n) is 1.72. The normalized spacial score (nSPS) is 12.0. The first-order valence-electron chi connectivity index (χ1n) is 6.66. The van der Waals surface area contributed by atoms with Crippen molar-refractivity contribution in [3.05, 3.63) is 27.0 Å². The van der Waals surface area contributed by atoms with Crippen LogP contribution in [0.3, 0.4) is 0 Å². The minimum Gasteiger partial charge on any atom is -0.314 e. The van der Waals surface area contributed by atoms with Gasteiger partial charge < -0.3 is 9.88 Å². The van der Waals surface area contributed by atoms with E-state index in [1.807, 2.05) is 13.8 Å². The summed E-state index contributed by atoms with van der Waals surface area (Å²) in [6.45, 7) is 4.89. The number of hydrogen-bond acceptors (Lipinski definition) is 5. The number of aryl methyl sites for hydroxylation is 1. The third-order valence-corrected chi connectivity index (χ3v) is 4.35. The molecule has 0 radical (unpaired) electrons. The van der Waals surface area contributed by atoms with Crippen LogP contribution in [0, 0.1) is 0 Å². The van der Waals surface area contributed by atoms with Gasteiger partial charge >= 0.3 is 5.69 Å². The van der Waals surface area contributed by atoms with Crippen LogP contribution in [-0.4, -0.2) is 36.7 Å². The number of sulfonamides is 1. The molecule has 0 saturated heterocycles. The van der Waals surface area contributed by atoms with E-state index < -0.39 is 26.2 Å². The molecule has 0 aromatic carbocycles. The van der Waals surface area contributed by atoms with Gasteiger partial charge in [0.2, 0.25) is 10.0 Å². The molecule has 1 aromatic rings. The summed E-state index contributed by atoms with van der Waals surface area (Å²) in [7, 11) is -1.28. The van der Waals surface area contributed by atoms with Gasteiger partial charge in [-0.25, -0.2) is 17.9 Å². The van der Waals surface area contributed by atoms with Crippen molar-refractivity contribution < 1.29 is 8.42 Å². The lowest BCUT2D eigenvalue weighted by molar-refractivity contribution is 0.550. The predicted molar refractivity (Wildman–Crippen MR) is 79.9 cm³/mol. The molecule has 0 bridgehead atoms. The van der Waals surface area contributed by atoms with Crippen molar-refractivity contribution in [3.8, 4) is 0 Å². The average Bonchev–Trinajstić information content (AvgIpc) is 2.39. The Bertz CT molecular complexity index is 703. The topological polar surface area (TPSA) is 102 Å². The number of rotatable bonds is 7. The van der Waals surface area contributed by atoms with E-state index in [0.717, 1.165) is 15.3 Å². The minimum absolute atomic E-state index is 0.216. The highest BCUT2D eigenvalue weighted by atomic mass is 32.2. The Balaban J connectivity index is 2.85. The first-order valence-corrected chi connectivity index (χ1v) is 8.15. The molecule has 0 spiro atoms. The second-order valence-electron chi connectivity index (χ2n) is 5.11. The summed E-state index contributed by atoms with van der Waals surface area (Å²) >= 11 is 0. The third kappa shape index (κ3) is 4.51. The van der Waals surface area contributed by atoms with Gasteiger partial charge in [0.05, 0.1) is 0 Å². The zero-order valence-electron chi connectivity index (χ0n) is 12.7. The van der Waals surface area contributed by atoms with Crippen molar-refractivity contribution in [2.24, 2.45) is 14.1 Å². The Labute approximate surface area is 123 Å². The highest BCUT2D eigenvalue weighted by Crippen LogP contribution is 1.99. The Morgan fingerprint density at radius 3 is 2.38 bits per heavy atom. The Kier molecular flexibility index (Phi) is 5.87. The molecule has 9 heteroatoms. The lowest BCUT2D eigenvalue weighted by Crippen LogP contribution is -2.41. The first kappa shape index (κ1) is 17.6. The summed E-state index contributed by atoms with van der Waals surface area (Å²) in [6.07, 6.45) is 1.64. The van der Waals surface area contributed by atoms with E-state index in [9.17, 15) is 18.0 Å². The summed E-state index contributed by atoms with van der Waals surface area (Å²) in [6, 6.07) is 0.331. The molecule has 0 amide bonds. The lowest BCUT2D eigenvalue weighted by Gasteiger charge is -2.10. The van der Waals surface area contributed by atoms with Gasteiger partial charge in [0.25, 0.3) is 5.56 Å². The summed E-state index contributed by atoms with van der Waals surface area (Å²) in [5.74, 6) is 0. The summed E-state index contributed by atoms with van der Waals surface area (Å²) < 4.78 is 28.4. The molecule has 21 heavy (non-hydrogen) atoms. The minimum atomic E-state index is -3.92. The average molecular weight is 318 g/mol. The van der Waals surface area contributed by atoms with Crippen LogP contribution in [0.15, 0.2) is 20.7 Å². The quantitative estimate of drug-likeness (QED) is 0.612. The van der Waals surface area contributed by atoms with Gasteiger partial charge in [-0.3, -0.25) is 9.36 Å². The fraction of sp³-hybridized carbons (Fsp3) is 0.667. The smallest absolute Gasteiger partial charge is 0.314 e. The molecule has 2 N–H and O–H groups in total. The highest BCUT2D eigenvalue weighted by molar-refractivity contribution is 7.89. The van der Waals surface area contributed by atoms with Crippen molar-refractivity contribution in [1.29, 1.82) is 0 Å². The summed E-state index contributed by atoms with van der Waals surface area (Å²) in [4.78, 5) is 23.0. The second-order valence-corrected chi connectivity index (χ2v) is 6.85. The lowest BCUT2D eigenvalue weighted by atomic mass is 10.3. The molecule has 0 aliphatic rings. The Hall–Kier alpha value is -1.45. The van der Waals surface area contributed by atoms with E-state index >= 15 is 0 Å². The van der Waals surface area contributed by atoms with Crippen molar-refractivity contribution in [1.82, 2.24) is 19.2 Å². The summed E-state index contributed by atoms with van der Waals surface area (Å²) in [5, 5.41) is 3.16. The van der Waals surface area contributed by atoms with E-state index in [1.165, 1.54) is 14.1 Å². The zero-order valence-corrected chi connectivity index (χ0v) is 13.5. The zero-order chi connectivity index (χ0) is 16.2. The van der Waals surface area contributed by atoms with Crippen LogP contribution in [0.5, 0.6) is 0 Å². The molecule has 0 fully saturated rings. The molecule has 0 saturated carbocycles. The van der Waals surface area contributed by atoms with Crippen LogP contribution in [0.4, 0.5) is 0 Å². The van der Waals surface area contributed by atoms with E-state index in [0.29, 0.717) is 19.0 Å². The van der Waals surface area contributed by atoms with Crippen LogP contribution in [0.25, 0.3) is 0 Å². The van der Waals surface area contributed by atoms with Gasteiger partial charge in [-0.15, -0.1) is 0 Å². The molecular formula is C12H22N4O4S. The molecule has 0 aliphatic carbocycles. The summed E-state index contributed by atoms with van der Waals surface area (Å²) in [5.41, 5.74) is -1.40. The number of nitrogens with one attached hydrogen (secondary N) is 2. The third-order valence-electron chi connectivity index (χ3n) is 2.90. The van der Waals surface area contributed by atoms with E-state index in [1.54, 1.807) is 0 Å². The van der Waals surface area contributed by atoms with Crippen molar-refractivity contribution in [2.45, 2.75) is 31.2 Å². The van der Waals surface area contributed by atoms with Gasteiger partial charge in [0.1, 0.15) is 0 Å². The van der Waals surface area contributed by atoms with Crippen molar-refractivity contribution in [3.63, 3.8) is 0 Å². The van der Waals surface area contributed by atoms with Crippen LogP contribution < -0.4 is 21.3 Å². The molecule has 1 aromatic heterocycles. The molecule has 1 heterocycles. The molecule has 120 valence electrons. The maximum Gasteiger partial charge on any atom is 0.330 e. The monoisotopic (exact) mass is 318 g/mol. The van der Waals surface area contributed by atoms with Gasteiger partial charge in [-0.05, 0) is 13.0 Å². The predicted octanol–water partition coefficient (Wildman–Crippen LogP) is -1.25. The molecule has 8 nitrogen and oxygen atoms in total. The van der Waals surface area contributed by atoms with Crippen LogP contribution >= 0.6 is 0 Å². The fourth-order valence-corrected chi connectivity index (χ4v) is 2.96. The van der Waals surface area contributed by atoms with Gasteiger partial charge in [-0.1, -0.05) is 13.8 Å². The van der Waals surface area contributed by atoms with Crippen molar-refractivity contribution >= 4 is 10.0 Å². The molecule has 0 atom stereocenters. The molecule has 0 unspecified atom stereocenters. The number of nitrogens with zero attached hydrogens (tertiary/aromatic N) is 2. The van der Waals surface area contributed by atoms with Crippen molar-refractivity contribution in [2.75, 3.05) is 13.1 Å². The highest BCUT2D eigenvalue weighted by Gasteiger charge is 2.20. The van der Waals surface area contributed by atoms with E-state index in [4.69, 9.17) is 0 Å². The standard InChI is InChI=1S/C12H22N4O4S/c1-9(2)13-6-5-7-14-21(19,20)10-8-15(3)12(18)16(4)11(10)17/h8-9,13-14H,5-7H2,1-4H3. The van der Waals surface area contributed by atoms with Gasteiger partial charge in [0.15, 0.2) is 4.90 Å². The van der Waals surface area contributed by atoms with Gasteiger partial charge in [-0.2, -0.15) is 0 Å². The second kappa shape index (κ2) is 7.01. The molecule has 0 aliphatic heterocycles. The maximum atomic E-state index is 12.1. The Morgan fingerprint density at radius 1 is 1.19 bits per heavy atom. The SMILES string of the molecule is CC(C)NCCCNS(=O)(=O)c1cn(C)c(=O)n(C)c1=O. The molecular weight excluding hydrogens is 296 g/mol. The van der Waals surface area contributed by atoms with Gasteiger partial charge in [0, 0.05) is 32.9 Å². The molecule has 1 rings (SSSR count). The largest absolute Gasteiger partial charge is 0.330 e. The van der Waals surface area contributed by atoms with E-state index in [2.05, 4.69) is 10.0 Å². The van der Waals surface area contributed by atoms with E-state index in [-0.39, 0.29) is 6.54 Å². The van der Waals surface area contributed by atoms with Crippen LogP contribution in [-0.2, 0) is 24.1 Å². The maximum absolute atomic E-state index is 12.1.